The van der Waals surface area contributed by atoms with E-state index in [9.17, 15) is 9.59 Å². The number of para-hydroxylation sites is 1. The van der Waals surface area contributed by atoms with E-state index in [0.29, 0.717) is 29.1 Å². The van der Waals surface area contributed by atoms with Crippen LogP contribution in [0.2, 0.25) is 0 Å². The molecule has 1 amide bonds. The minimum atomic E-state index is -0.365. The topological polar surface area (TPSA) is 64.4 Å². The maximum absolute atomic E-state index is 13.4. The van der Waals surface area contributed by atoms with Crippen molar-refractivity contribution in [2.24, 2.45) is 0 Å². The third kappa shape index (κ3) is 4.48. The van der Waals surface area contributed by atoms with Gasteiger partial charge in [0.25, 0.3) is 5.56 Å². The number of rotatable bonds is 6. The standard InChI is InChI=1S/C26H25N3O3S2/c1-17(24(30)28-13-11-23-19(16-28)12-14-33-23)34-26-27-22-6-4-3-5-21(22)25(31)29(26)15-18-7-9-20(32-2)10-8-18/h3-10,12,14,17H,11,13,15-16H2,1-2H3. The first-order valence-electron chi connectivity index (χ1n) is 11.2. The molecule has 8 heteroatoms. The molecule has 1 atom stereocenters. The highest BCUT2D eigenvalue weighted by Crippen LogP contribution is 2.28. The largest absolute Gasteiger partial charge is 0.497 e. The third-order valence-corrected chi connectivity index (χ3v) is 8.18. The normalized spacial score (nSPS) is 14.1. The molecule has 6 nitrogen and oxygen atoms in total. The van der Waals surface area contributed by atoms with E-state index in [2.05, 4.69) is 11.4 Å². The predicted molar refractivity (Wildman–Crippen MR) is 137 cm³/mol. The Labute approximate surface area is 206 Å². The number of benzene rings is 2. The molecule has 0 N–H and O–H groups in total. The molecule has 0 spiro atoms. The van der Waals surface area contributed by atoms with Crippen LogP contribution in [-0.2, 0) is 24.3 Å². The van der Waals surface area contributed by atoms with Crippen molar-refractivity contribution in [3.8, 4) is 5.75 Å². The number of fused-ring (bicyclic) bond motifs is 2. The van der Waals surface area contributed by atoms with Gasteiger partial charge in [-0.1, -0.05) is 36.0 Å². The van der Waals surface area contributed by atoms with Crippen LogP contribution in [0.5, 0.6) is 5.75 Å². The minimum Gasteiger partial charge on any atom is -0.497 e. The van der Waals surface area contributed by atoms with Crippen LogP contribution in [0.15, 0.2) is 69.9 Å². The van der Waals surface area contributed by atoms with Crippen LogP contribution in [0.25, 0.3) is 10.9 Å². The fraction of sp³-hybridized carbons (Fsp3) is 0.269. The zero-order valence-corrected chi connectivity index (χ0v) is 20.7. The first-order chi connectivity index (χ1) is 16.5. The molecule has 0 saturated heterocycles. The lowest BCUT2D eigenvalue weighted by Crippen LogP contribution is -2.40. The molecule has 2 aromatic heterocycles. The Morgan fingerprint density at radius 2 is 1.97 bits per heavy atom. The summed E-state index contributed by atoms with van der Waals surface area (Å²) in [6, 6.07) is 17.1. The number of hydrogen-bond acceptors (Lipinski definition) is 6. The predicted octanol–water partition coefficient (Wildman–Crippen LogP) is 4.58. The van der Waals surface area contributed by atoms with E-state index in [-0.39, 0.29) is 16.7 Å². The first-order valence-corrected chi connectivity index (χ1v) is 12.9. The Hall–Kier alpha value is -3.10. The second kappa shape index (κ2) is 9.64. The molecule has 1 unspecified atom stereocenters. The molecule has 0 fully saturated rings. The number of amides is 1. The third-order valence-electron chi connectivity index (χ3n) is 6.08. The van der Waals surface area contributed by atoms with Crippen LogP contribution in [0, 0.1) is 0 Å². The summed E-state index contributed by atoms with van der Waals surface area (Å²) in [6.07, 6.45) is 0.895. The highest BCUT2D eigenvalue weighted by atomic mass is 32.2. The monoisotopic (exact) mass is 491 g/mol. The summed E-state index contributed by atoms with van der Waals surface area (Å²) in [5.41, 5.74) is 2.73. The zero-order valence-electron chi connectivity index (χ0n) is 19.1. The van der Waals surface area contributed by atoms with Crippen LogP contribution in [0.1, 0.15) is 22.9 Å². The van der Waals surface area contributed by atoms with Gasteiger partial charge in [-0.2, -0.15) is 0 Å². The van der Waals surface area contributed by atoms with Gasteiger partial charge in [0.1, 0.15) is 5.75 Å². The van der Waals surface area contributed by atoms with Crippen molar-refractivity contribution >= 4 is 39.9 Å². The average molecular weight is 492 g/mol. The number of thioether (sulfide) groups is 1. The number of methoxy groups -OCH3 is 1. The summed E-state index contributed by atoms with van der Waals surface area (Å²) in [5, 5.41) is 2.84. The van der Waals surface area contributed by atoms with Gasteiger partial charge in [-0.25, -0.2) is 4.98 Å². The molecule has 0 aliphatic carbocycles. The van der Waals surface area contributed by atoms with Gasteiger partial charge in [-0.05, 0) is 60.2 Å². The SMILES string of the molecule is COc1ccc(Cn2c(SC(C)C(=O)N3CCc4sccc4C3)nc3ccccc3c2=O)cc1. The van der Waals surface area contributed by atoms with Crippen LogP contribution in [-0.4, -0.2) is 39.3 Å². The number of carbonyl (C=O) groups is 1. The molecule has 0 bridgehead atoms. The minimum absolute atomic E-state index is 0.0697. The lowest BCUT2D eigenvalue weighted by atomic mass is 10.1. The molecule has 5 rings (SSSR count). The fourth-order valence-electron chi connectivity index (χ4n) is 4.19. The molecule has 3 heterocycles. The second-order valence-corrected chi connectivity index (χ2v) is 10.6. The van der Waals surface area contributed by atoms with E-state index < -0.39 is 0 Å². The van der Waals surface area contributed by atoms with Crippen molar-refractivity contribution < 1.29 is 9.53 Å². The fourth-order valence-corrected chi connectivity index (χ4v) is 6.07. The van der Waals surface area contributed by atoms with Crippen molar-refractivity contribution in [2.45, 2.75) is 36.8 Å². The van der Waals surface area contributed by atoms with Crippen LogP contribution < -0.4 is 10.3 Å². The molecule has 4 aromatic rings. The van der Waals surface area contributed by atoms with Gasteiger partial charge in [0.05, 0.1) is 29.8 Å². The highest BCUT2D eigenvalue weighted by molar-refractivity contribution is 8.00. The molecule has 1 aliphatic rings. The van der Waals surface area contributed by atoms with E-state index in [4.69, 9.17) is 9.72 Å². The van der Waals surface area contributed by atoms with Gasteiger partial charge in [0.15, 0.2) is 5.16 Å². The summed E-state index contributed by atoms with van der Waals surface area (Å²) >= 11 is 3.11. The first kappa shape index (κ1) is 22.7. The van der Waals surface area contributed by atoms with Crippen LogP contribution in [0.4, 0.5) is 0 Å². The number of hydrogen-bond donors (Lipinski definition) is 0. The number of carbonyl (C=O) groups excluding carboxylic acids is 1. The number of ether oxygens (including phenoxy) is 1. The zero-order chi connectivity index (χ0) is 23.7. The molecular weight excluding hydrogens is 466 g/mol. The van der Waals surface area contributed by atoms with Gasteiger partial charge in [0.2, 0.25) is 5.91 Å². The Bertz CT molecular complexity index is 1390. The quantitative estimate of drug-likeness (QED) is 0.292. The van der Waals surface area contributed by atoms with Gasteiger partial charge < -0.3 is 9.64 Å². The maximum Gasteiger partial charge on any atom is 0.262 e. The molecule has 0 saturated carbocycles. The Kier molecular flexibility index (Phi) is 6.43. The van der Waals surface area contributed by atoms with E-state index in [1.165, 1.54) is 22.2 Å². The smallest absolute Gasteiger partial charge is 0.262 e. The van der Waals surface area contributed by atoms with Crippen molar-refractivity contribution in [3.05, 3.63) is 86.3 Å². The lowest BCUT2D eigenvalue weighted by Gasteiger charge is -2.29. The second-order valence-electron chi connectivity index (χ2n) is 8.29. The maximum atomic E-state index is 13.4. The number of nitrogens with zero attached hydrogens (tertiary/aromatic N) is 3. The number of thiophene rings is 1. The molecule has 0 radical (unpaired) electrons. The molecule has 34 heavy (non-hydrogen) atoms. The highest BCUT2D eigenvalue weighted by Gasteiger charge is 2.27. The van der Waals surface area contributed by atoms with Gasteiger partial charge >= 0.3 is 0 Å². The van der Waals surface area contributed by atoms with E-state index in [0.717, 1.165) is 24.3 Å². The van der Waals surface area contributed by atoms with E-state index in [1.54, 1.807) is 29.1 Å². The summed E-state index contributed by atoms with van der Waals surface area (Å²) in [4.78, 5) is 34.8. The van der Waals surface area contributed by atoms with Crippen LogP contribution in [0.3, 0.4) is 0 Å². The Balaban J connectivity index is 1.44. The Morgan fingerprint density at radius 3 is 2.76 bits per heavy atom. The van der Waals surface area contributed by atoms with E-state index in [1.807, 2.05) is 54.3 Å². The van der Waals surface area contributed by atoms with Crippen LogP contribution >= 0.6 is 23.1 Å². The lowest BCUT2D eigenvalue weighted by molar-refractivity contribution is -0.131. The summed E-state index contributed by atoms with van der Waals surface area (Å²) in [7, 11) is 1.63. The summed E-state index contributed by atoms with van der Waals surface area (Å²) in [5.74, 6) is 0.831. The summed E-state index contributed by atoms with van der Waals surface area (Å²) < 4.78 is 6.92. The van der Waals surface area contributed by atoms with Gasteiger partial charge in [0, 0.05) is 18.0 Å². The number of aromatic nitrogens is 2. The molecule has 1 aliphatic heterocycles. The summed E-state index contributed by atoms with van der Waals surface area (Å²) in [6.45, 7) is 3.63. The van der Waals surface area contributed by atoms with Crippen molar-refractivity contribution in [1.82, 2.24) is 14.5 Å². The van der Waals surface area contributed by atoms with Crippen molar-refractivity contribution in [2.75, 3.05) is 13.7 Å². The molecular formula is C26H25N3O3S2. The van der Waals surface area contributed by atoms with Gasteiger partial charge in [-0.15, -0.1) is 11.3 Å². The molecule has 2 aromatic carbocycles. The van der Waals surface area contributed by atoms with E-state index >= 15 is 0 Å². The molecule has 174 valence electrons. The van der Waals surface area contributed by atoms with Crippen molar-refractivity contribution in [3.63, 3.8) is 0 Å². The van der Waals surface area contributed by atoms with Gasteiger partial charge in [-0.3, -0.25) is 14.2 Å². The Morgan fingerprint density at radius 1 is 1.18 bits per heavy atom. The van der Waals surface area contributed by atoms with Crippen molar-refractivity contribution in [1.29, 1.82) is 0 Å². The average Bonchev–Trinajstić information content (AvgIpc) is 3.34.